The highest BCUT2D eigenvalue weighted by atomic mass is 16.5. The fourth-order valence-corrected chi connectivity index (χ4v) is 2.87. The van der Waals surface area contributed by atoms with E-state index >= 15 is 0 Å². The standard InChI is InChI=1S/C19H17N3O4/c1-13-7-9-21-12-14(20-17(21)11-13)18(23)25-10-4-8-22-15-5-2-3-6-16(15)26-19(22)24/h2-3,5-7,9,11-12H,4,8,10H2,1H3. The number of para-hydroxylation sites is 2. The summed E-state index contributed by atoms with van der Waals surface area (Å²) >= 11 is 0. The molecule has 7 nitrogen and oxygen atoms in total. The third-order valence-corrected chi connectivity index (χ3v) is 4.16. The van der Waals surface area contributed by atoms with Crippen molar-refractivity contribution in [3.63, 3.8) is 0 Å². The summed E-state index contributed by atoms with van der Waals surface area (Å²) < 4.78 is 13.8. The largest absolute Gasteiger partial charge is 0.461 e. The van der Waals surface area contributed by atoms with Crippen molar-refractivity contribution in [1.29, 1.82) is 0 Å². The third kappa shape index (κ3) is 2.99. The second-order valence-electron chi connectivity index (χ2n) is 6.07. The van der Waals surface area contributed by atoms with Crippen LogP contribution in [0.4, 0.5) is 0 Å². The number of fused-ring (bicyclic) bond motifs is 2. The van der Waals surface area contributed by atoms with Gasteiger partial charge >= 0.3 is 11.7 Å². The normalized spacial score (nSPS) is 11.3. The van der Waals surface area contributed by atoms with Gasteiger partial charge in [0.25, 0.3) is 0 Å². The number of hydrogen-bond donors (Lipinski definition) is 0. The lowest BCUT2D eigenvalue weighted by Crippen LogP contribution is -2.16. The molecule has 0 amide bonds. The zero-order valence-electron chi connectivity index (χ0n) is 14.2. The van der Waals surface area contributed by atoms with Crippen molar-refractivity contribution in [2.75, 3.05) is 6.61 Å². The molecule has 0 bridgehead atoms. The topological polar surface area (TPSA) is 78.7 Å². The second kappa shape index (κ2) is 6.51. The molecular weight excluding hydrogens is 334 g/mol. The minimum atomic E-state index is -0.476. The molecule has 0 saturated heterocycles. The molecule has 4 rings (SSSR count). The molecule has 7 heteroatoms. The summed E-state index contributed by atoms with van der Waals surface area (Å²) in [5.74, 6) is -0.885. The summed E-state index contributed by atoms with van der Waals surface area (Å²) in [6.07, 6.45) is 4.00. The van der Waals surface area contributed by atoms with Gasteiger partial charge in [-0.3, -0.25) is 4.57 Å². The van der Waals surface area contributed by atoms with E-state index in [2.05, 4.69) is 4.98 Å². The minimum Gasteiger partial charge on any atom is -0.461 e. The number of esters is 1. The lowest BCUT2D eigenvalue weighted by molar-refractivity contribution is 0.0490. The molecule has 0 aliphatic heterocycles. The van der Waals surface area contributed by atoms with Gasteiger partial charge in [-0.05, 0) is 43.2 Å². The van der Waals surface area contributed by atoms with Gasteiger partial charge in [0.15, 0.2) is 11.3 Å². The minimum absolute atomic E-state index is 0.192. The predicted octanol–water partition coefficient (Wildman–Crippen LogP) is 2.80. The molecule has 4 aromatic rings. The zero-order valence-corrected chi connectivity index (χ0v) is 14.2. The van der Waals surface area contributed by atoms with Crippen LogP contribution in [-0.4, -0.2) is 26.5 Å². The number of rotatable bonds is 5. The van der Waals surface area contributed by atoms with Crippen LogP contribution in [0.1, 0.15) is 22.5 Å². The summed E-state index contributed by atoms with van der Waals surface area (Å²) in [5, 5.41) is 0. The highest BCUT2D eigenvalue weighted by Gasteiger charge is 2.13. The van der Waals surface area contributed by atoms with E-state index in [1.165, 1.54) is 4.57 Å². The fourth-order valence-electron chi connectivity index (χ4n) is 2.87. The summed E-state index contributed by atoms with van der Waals surface area (Å²) in [6.45, 7) is 2.57. The molecular formula is C19H17N3O4. The maximum Gasteiger partial charge on any atom is 0.419 e. The van der Waals surface area contributed by atoms with Gasteiger partial charge in [-0.25, -0.2) is 14.6 Å². The Hall–Kier alpha value is -3.35. The van der Waals surface area contributed by atoms with Gasteiger partial charge in [0.1, 0.15) is 5.65 Å². The number of nitrogens with zero attached hydrogens (tertiary/aromatic N) is 3. The van der Waals surface area contributed by atoms with Crippen molar-refractivity contribution in [3.05, 3.63) is 70.6 Å². The molecule has 132 valence electrons. The molecule has 3 aromatic heterocycles. The number of aryl methyl sites for hydroxylation is 2. The average molecular weight is 351 g/mol. The number of pyridine rings is 1. The van der Waals surface area contributed by atoms with E-state index in [9.17, 15) is 9.59 Å². The van der Waals surface area contributed by atoms with Gasteiger partial charge in [-0.1, -0.05) is 12.1 Å². The summed E-state index contributed by atoms with van der Waals surface area (Å²) in [4.78, 5) is 28.3. The maximum atomic E-state index is 12.2. The lowest BCUT2D eigenvalue weighted by Gasteiger charge is -2.03. The van der Waals surface area contributed by atoms with Crippen LogP contribution >= 0.6 is 0 Å². The van der Waals surface area contributed by atoms with E-state index in [4.69, 9.17) is 9.15 Å². The van der Waals surface area contributed by atoms with Gasteiger partial charge in [0.2, 0.25) is 0 Å². The molecule has 0 radical (unpaired) electrons. The van der Waals surface area contributed by atoms with Crippen LogP contribution in [0.5, 0.6) is 0 Å². The van der Waals surface area contributed by atoms with Gasteiger partial charge in [-0.15, -0.1) is 0 Å². The van der Waals surface area contributed by atoms with E-state index in [0.717, 1.165) is 11.1 Å². The van der Waals surface area contributed by atoms with Crippen LogP contribution in [0.25, 0.3) is 16.7 Å². The summed E-state index contributed by atoms with van der Waals surface area (Å²) in [5.41, 5.74) is 3.32. The Morgan fingerprint density at radius 2 is 2.12 bits per heavy atom. The smallest absolute Gasteiger partial charge is 0.419 e. The predicted molar refractivity (Wildman–Crippen MR) is 95.3 cm³/mol. The number of ether oxygens (including phenoxy) is 1. The maximum absolute atomic E-state index is 12.2. The number of carbonyl (C=O) groups excluding carboxylic acids is 1. The molecule has 0 spiro atoms. The lowest BCUT2D eigenvalue weighted by atomic mass is 10.3. The van der Waals surface area contributed by atoms with Gasteiger partial charge in [0, 0.05) is 18.9 Å². The molecule has 26 heavy (non-hydrogen) atoms. The zero-order chi connectivity index (χ0) is 18.1. The molecule has 0 fully saturated rings. The van der Waals surface area contributed by atoms with Crippen LogP contribution in [0, 0.1) is 6.92 Å². The first-order valence-corrected chi connectivity index (χ1v) is 8.33. The monoisotopic (exact) mass is 351 g/mol. The van der Waals surface area contributed by atoms with Crippen LogP contribution in [0.3, 0.4) is 0 Å². The van der Waals surface area contributed by atoms with Crippen molar-refractivity contribution >= 4 is 22.7 Å². The molecule has 0 N–H and O–H groups in total. The van der Waals surface area contributed by atoms with Crippen LogP contribution in [0.2, 0.25) is 0 Å². The first-order chi connectivity index (χ1) is 12.6. The number of imidazole rings is 1. The highest BCUT2D eigenvalue weighted by molar-refractivity contribution is 5.88. The van der Waals surface area contributed by atoms with E-state index in [1.54, 1.807) is 16.7 Å². The number of oxazole rings is 1. The number of hydrogen-bond acceptors (Lipinski definition) is 5. The molecule has 3 heterocycles. The third-order valence-electron chi connectivity index (χ3n) is 4.16. The van der Waals surface area contributed by atoms with Crippen LogP contribution in [0.15, 0.2) is 58.0 Å². The van der Waals surface area contributed by atoms with Crippen molar-refractivity contribution < 1.29 is 13.9 Å². The Bertz CT molecular complexity index is 1150. The quantitative estimate of drug-likeness (QED) is 0.408. The SMILES string of the molecule is Cc1ccn2cc(C(=O)OCCCn3c(=O)oc4ccccc43)nc2c1. The molecule has 0 aliphatic rings. The highest BCUT2D eigenvalue weighted by Crippen LogP contribution is 2.12. The average Bonchev–Trinajstić information content (AvgIpc) is 3.18. The van der Waals surface area contributed by atoms with Crippen molar-refractivity contribution in [1.82, 2.24) is 14.0 Å². The molecule has 0 aliphatic carbocycles. The van der Waals surface area contributed by atoms with E-state index < -0.39 is 11.7 Å². The van der Waals surface area contributed by atoms with Gasteiger partial charge < -0.3 is 13.6 Å². The van der Waals surface area contributed by atoms with Crippen molar-refractivity contribution in [2.24, 2.45) is 0 Å². The van der Waals surface area contributed by atoms with Gasteiger partial charge in [0.05, 0.1) is 12.1 Å². The Balaban J connectivity index is 1.38. The Labute approximate surface area is 148 Å². The van der Waals surface area contributed by atoms with E-state index in [1.807, 2.05) is 43.5 Å². The molecule has 0 atom stereocenters. The Kier molecular flexibility index (Phi) is 4.04. The van der Waals surface area contributed by atoms with E-state index in [0.29, 0.717) is 24.2 Å². The van der Waals surface area contributed by atoms with Crippen molar-refractivity contribution in [2.45, 2.75) is 19.9 Å². The molecule has 0 saturated carbocycles. The summed E-state index contributed by atoms with van der Waals surface area (Å²) in [7, 11) is 0. The molecule has 1 aromatic carbocycles. The fraction of sp³-hybridized carbons (Fsp3) is 0.211. The number of aromatic nitrogens is 3. The van der Waals surface area contributed by atoms with Gasteiger partial charge in [-0.2, -0.15) is 0 Å². The Morgan fingerprint density at radius 3 is 3.00 bits per heavy atom. The second-order valence-corrected chi connectivity index (χ2v) is 6.07. The number of carbonyl (C=O) groups is 1. The summed E-state index contributed by atoms with van der Waals surface area (Å²) in [6, 6.07) is 11.1. The van der Waals surface area contributed by atoms with Crippen LogP contribution in [-0.2, 0) is 11.3 Å². The number of benzene rings is 1. The first-order valence-electron chi connectivity index (χ1n) is 8.33. The Morgan fingerprint density at radius 1 is 1.27 bits per heavy atom. The van der Waals surface area contributed by atoms with Crippen LogP contribution < -0.4 is 5.76 Å². The van der Waals surface area contributed by atoms with E-state index in [-0.39, 0.29) is 12.3 Å². The van der Waals surface area contributed by atoms with Crippen molar-refractivity contribution in [3.8, 4) is 0 Å². The first kappa shape index (κ1) is 16.1. The molecule has 0 unspecified atom stereocenters.